The van der Waals surface area contributed by atoms with Gasteiger partial charge in [-0.05, 0) is 25.3 Å². The van der Waals surface area contributed by atoms with E-state index in [1.54, 1.807) is 25.4 Å². The molecule has 1 N–H and O–H groups in total. The first kappa shape index (κ1) is 17.4. The highest BCUT2D eigenvalue weighted by Crippen LogP contribution is 2.15. The molecule has 0 aromatic carbocycles. The molecule has 25 heavy (non-hydrogen) atoms. The van der Waals surface area contributed by atoms with Gasteiger partial charge in [0.05, 0.1) is 0 Å². The maximum absolute atomic E-state index is 12.6. The molecule has 3 amide bonds. The van der Waals surface area contributed by atoms with Crippen molar-refractivity contribution in [3.8, 4) is 0 Å². The quantitative estimate of drug-likeness (QED) is 0.853. The van der Waals surface area contributed by atoms with Gasteiger partial charge in [-0.2, -0.15) is 0 Å². The number of hydrogen-bond donors (Lipinski definition) is 1. The largest absolute Gasteiger partial charge is 0.341 e. The minimum atomic E-state index is -0.0359. The molecule has 1 aromatic heterocycles. The van der Waals surface area contributed by atoms with Crippen molar-refractivity contribution in [1.29, 1.82) is 0 Å². The van der Waals surface area contributed by atoms with E-state index >= 15 is 0 Å². The predicted molar refractivity (Wildman–Crippen MR) is 94.2 cm³/mol. The summed E-state index contributed by atoms with van der Waals surface area (Å²) < 4.78 is 0. The molecule has 8 nitrogen and oxygen atoms in total. The molecule has 0 spiro atoms. The zero-order valence-corrected chi connectivity index (χ0v) is 14.7. The van der Waals surface area contributed by atoms with E-state index in [1.165, 1.54) is 0 Å². The highest BCUT2D eigenvalue weighted by molar-refractivity contribution is 5.75. The molecule has 0 saturated carbocycles. The van der Waals surface area contributed by atoms with E-state index in [1.807, 2.05) is 9.80 Å². The van der Waals surface area contributed by atoms with Crippen molar-refractivity contribution in [3.05, 3.63) is 18.5 Å². The van der Waals surface area contributed by atoms with E-state index in [0.29, 0.717) is 25.6 Å². The van der Waals surface area contributed by atoms with Crippen LogP contribution in [0.4, 0.5) is 10.7 Å². The van der Waals surface area contributed by atoms with Crippen molar-refractivity contribution in [3.63, 3.8) is 0 Å². The highest BCUT2D eigenvalue weighted by atomic mass is 16.2. The number of urea groups is 1. The standard InChI is InChI=1S/C17H26N6O2/c1-14(24)21-9-4-10-22(12-11-21)17(25)20-15-5-2-8-23(13-15)16-18-6-3-7-19-16/h3,6-7,15H,2,4-5,8-13H2,1H3,(H,20,25)/t15-/m0/s1. The molecule has 2 fully saturated rings. The van der Waals surface area contributed by atoms with Crippen LogP contribution >= 0.6 is 0 Å². The lowest BCUT2D eigenvalue weighted by Gasteiger charge is -2.34. The van der Waals surface area contributed by atoms with Crippen LogP contribution in [0.2, 0.25) is 0 Å². The van der Waals surface area contributed by atoms with Gasteiger partial charge in [0, 0.05) is 64.6 Å². The summed E-state index contributed by atoms with van der Waals surface area (Å²) in [5, 5.41) is 3.15. The molecular formula is C17H26N6O2. The first-order chi connectivity index (χ1) is 12.1. The average Bonchev–Trinajstić information content (AvgIpc) is 2.89. The zero-order chi connectivity index (χ0) is 17.6. The molecule has 0 unspecified atom stereocenters. The SMILES string of the molecule is CC(=O)N1CCCN(C(=O)N[C@H]2CCCN(c3ncccn3)C2)CC1. The van der Waals surface area contributed by atoms with Gasteiger partial charge in [0.25, 0.3) is 0 Å². The Morgan fingerprint density at radius 1 is 1.04 bits per heavy atom. The molecule has 2 aliphatic heterocycles. The van der Waals surface area contributed by atoms with Gasteiger partial charge in [0.15, 0.2) is 0 Å². The summed E-state index contributed by atoms with van der Waals surface area (Å²) in [6, 6.07) is 1.86. The van der Waals surface area contributed by atoms with Gasteiger partial charge in [0.1, 0.15) is 0 Å². The van der Waals surface area contributed by atoms with Crippen LogP contribution in [-0.2, 0) is 4.79 Å². The van der Waals surface area contributed by atoms with Crippen LogP contribution in [0.5, 0.6) is 0 Å². The van der Waals surface area contributed by atoms with Crippen molar-refractivity contribution in [2.45, 2.75) is 32.2 Å². The second-order valence-corrected chi connectivity index (χ2v) is 6.63. The van der Waals surface area contributed by atoms with E-state index < -0.39 is 0 Å². The summed E-state index contributed by atoms with van der Waals surface area (Å²) in [6.45, 7) is 5.82. The van der Waals surface area contributed by atoms with Gasteiger partial charge < -0.3 is 20.0 Å². The van der Waals surface area contributed by atoms with Crippen molar-refractivity contribution < 1.29 is 9.59 Å². The maximum Gasteiger partial charge on any atom is 0.317 e. The van der Waals surface area contributed by atoms with Crippen molar-refractivity contribution in [2.24, 2.45) is 0 Å². The third-order valence-corrected chi connectivity index (χ3v) is 4.81. The van der Waals surface area contributed by atoms with Crippen molar-refractivity contribution in [2.75, 3.05) is 44.2 Å². The van der Waals surface area contributed by atoms with Gasteiger partial charge in [0.2, 0.25) is 11.9 Å². The molecule has 8 heteroatoms. The highest BCUT2D eigenvalue weighted by Gasteiger charge is 2.26. The first-order valence-corrected chi connectivity index (χ1v) is 8.96. The summed E-state index contributed by atoms with van der Waals surface area (Å²) in [6.07, 6.45) is 6.26. The lowest BCUT2D eigenvalue weighted by Crippen LogP contribution is -2.52. The smallest absolute Gasteiger partial charge is 0.317 e. The van der Waals surface area contributed by atoms with E-state index in [9.17, 15) is 9.59 Å². The third-order valence-electron chi connectivity index (χ3n) is 4.81. The van der Waals surface area contributed by atoms with Crippen LogP contribution in [0.25, 0.3) is 0 Å². The van der Waals surface area contributed by atoms with Gasteiger partial charge in [-0.15, -0.1) is 0 Å². The normalized spacial score (nSPS) is 21.6. The number of anilines is 1. The van der Waals surface area contributed by atoms with Gasteiger partial charge in [-0.1, -0.05) is 0 Å². The fraction of sp³-hybridized carbons (Fsp3) is 0.647. The maximum atomic E-state index is 12.6. The number of piperidine rings is 1. The molecule has 2 aliphatic rings. The zero-order valence-electron chi connectivity index (χ0n) is 14.7. The number of aromatic nitrogens is 2. The van der Waals surface area contributed by atoms with Gasteiger partial charge >= 0.3 is 6.03 Å². The average molecular weight is 346 g/mol. The Morgan fingerprint density at radius 2 is 1.76 bits per heavy atom. The van der Waals surface area contributed by atoms with E-state index in [2.05, 4.69) is 20.2 Å². The second-order valence-electron chi connectivity index (χ2n) is 6.63. The Balaban J connectivity index is 1.53. The van der Waals surface area contributed by atoms with Crippen molar-refractivity contribution >= 4 is 17.9 Å². The van der Waals surface area contributed by atoms with Crippen molar-refractivity contribution in [1.82, 2.24) is 25.1 Å². The fourth-order valence-electron chi connectivity index (χ4n) is 3.43. The van der Waals surface area contributed by atoms with Crippen LogP contribution in [0.3, 0.4) is 0 Å². The number of carbonyl (C=O) groups is 2. The molecule has 2 saturated heterocycles. The molecular weight excluding hydrogens is 320 g/mol. The molecule has 0 radical (unpaired) electrons. The Labute approximate surface area is 148 Å². The second kappa shape index (κ2) is 8.13. The molecule has 0 bridgehead atoms. The van der Waals surface area contributed by atoms with Crippen LogP contribution < -0.4 is 10.2 Å². The number of nitrogens with one attached hydrogen (secondary N) is 1. The van der Waals surface area contributed by atoms with E-state index in [4.69, 9.17) is 0 Å². The van der Waals surface area contributed by atoms with Gasteiger partial charge in [-0.25, -0.2) is 14.8 Å². The molecule has 1 atom stereocenters. The Hall–Kier alpha value is -2.38. The Morgan fingerprint density at radius 3 is 2.52 bits per heavy atom. The molecule has 1 aromatic rings. The minimum absolute atomic E-state index is 0.0359. The van der Waals surface area contributed by atoms with Crippen LogP contribution in [0.15, 0.2) is 18.5 Å². The number of carbonyl (C=O) groups excluding carboxylic acids is 2. The number of hydrogen-bond acceptors (Lipinski definition) is 5. The molecule has 136 valence electrons. The number of nitrogens with zero attached hydrogens (tertiary/aromatic N) is 5. The summed E-state index contributed by atoms with van der Waals surface area (Å²) >= 11 is 0. The van der Waals surface area contributed by atoms with Crippen LogP contribution in [0, 0.1) is 0 Å². The van der Waals surface area contributed by atoms with Crippen LogP contribution in [-0.4, -0.2) is 77.0 Å². The Kier molecular flexibility index (Phi) is 5.67. The fourth-order valence-corrected chi connectivity index (χ4v) is 3.43. The lowest BCUT2D eigenvalue weighted by atomic mass is 10.1. The van der Waals surface area contributed by atoms with E-state index in [-0.39, 0.29) is 18.0 Å². The third kappa shape index (κ3) is 4.58. The summed E-state index contributed by atoms with van der Waals surface area (Å²) in [5.41, 5.74) is 0. The van der Waals surface area contributed by atoms with Gasteiger partial charge in [-0.3, -0.25) is 4.79 Å². The Bertz CT molecular complexity index is 596. The topological polar surface area (TPSA) is 81.7 Å². The first-order valence-electron chi connectivity index (χ1n) is 8.96. The monoisotopic (exact) mass is 346 g/mol. The molecule has 0 aliphatic carbocycles. The van der Waals surface area contributed by atoms with E-state index in [0.717, 1.165) is 38.9 Å². The summed E-state index contributed by atoms with van der Waals surface area (Å²) in [7, 11) is 0. The summed E-state index contributed by atoms with van der Waals surface area (Å²) in [4.78, 5) is 38.4. The number of rotatable bonds is 2. The predicted octanol–water partition coefficient (Wildman–Crippen LogP) is 0.709. The van der Waals surface area contributed by atoms with Crippen LogP contribution in [0.1, 0.15) is 26.2 Å². The molecule has 3 rings (SSSR count). The molecule has 3 heterocycles. The summed E-state index contributed by atoms with van der Waals surface area (Å²) in [5.74, 6) is 0.793. The number of amides is 3. The minimum Gasteiger partial charge on any atom is -0.341 e. The lowest BCUT2D eigenvalue weighted by molar-refractivity contribution is -0.128.